The number of aliphatic imine (C=N–C) groups is 1. The summed E-state index contributed by atoms with van der Waals surface area (Å²) < 4.78 is 19.0. The van der Waals surface area contributed by atoms with Gasteiger partial charge in [-0.2, -0.15) is 0 Å². The van der Waals surface area contributed by atoms with Crippen LogP contribution in [0.4, 0.5) is 4.39 Å². The normalized spacial score (nSPS) is 12.4. The largest absolute Gasteiger partial charge is 0.377 e. The maximum absolute atomic E-state index is 13.2. The van der Waals surface area contributed by atoms with E-state index >= 15 is 0 Å². The Bertz CT molecular complexity index is 506. The molecule has 124 valence electrons. The molecule has 6 heteroatoms. The van der Waals surface area contributed by atoms with Gasteiger partial charge in [-0.25, -0.2) is 4.39 Å². The van der Waals surface area contributed by atoms with Gasteiger partial charge in [-0.3, -0.25) is 4.99 Å². The fourth-order valence-corrected chi connectivity index (χ4v) is 2.12. The molecular weight excluding hydrogens is 349 g/mol. The standard InChI is InChI=1S/C16H25BrFN3O/c1-5-19-15(21-11-16(2,3)22-4)20-9-8-12-6-7-14(18)13(17)10-12/h6-7,10H,5,8-9,11H2,1-4H3,(H2,19,20,21). The van der Waals surface area contributed by atoms with Gasteiger partial charge in [-0.05, 0) is 60.8 Å². The highest BCUT2D eigenvalue weighted by atomic mass is 79.9. The van der Waals surface area contributed by atoms with Crippen molar-refractivity contribution in [2.45, 2.75) is 32.8 Å². The molecule has 0 aliphatic heterocycles. The lowest BCUT2D eigenvalue weighted by atomic mass is 10.1. The number of rotatable bonds is 7. The molecule has 0 spiro atoms. The Morgan fingerprint density at radius 2 is 2.09 bits per heavy atom. The van der Waals surface area contributed by atoms with E-state index in [9.17, 15) is 4.39 Å². The van der Waals surface area contributed by atoms with Crippen molar-refractivity contribution in [3.05, 3.63) is 34.1 Å². The molecule has 0 aromatic heterocycles. The van der Waals surface area contributed by atoms with Gasteiger partial charge in [0.15, 0.2) is 5.96 Å². The fraction of sp³-hybridized carbons (Fsp3) is 0.562. The smallest absolute Gasteiger partial charge is 0.191 e. The topological polar surface area (TPSA) is 45.7 Å². The van der Waals surface area contributed by atoms with Gasteiger partial charge in [-0.15, -0.1) is 0 Å². The summed E-state index contributed by atoms with van der Waals surface area (Å²) in [4.78, 5) is 4.52. The summed E-state index contributed by atoms with van der Waals surface area (Å²) >= 11 is 3.20. The van der Waals surface area contributed by atoms with Crippen LogP contribution in [0.5, 0.6) is 0 Å². The van der Waals surface area contributed by atoms with Crippen molar-refractivity contribution in [1.29, 1.82) is 0 Å². The molecule has 0 saturated heterocycles. The van der Waals surface area contributed by atoms with Crippen LogP contribution >= 0.6 is 15.9 Å². The molecule has 0 saturated carbocycles. The van der Waals surface area contributed by atoms with Gasteiger partial charge in [0.05, 0.1) is 16.6 Å². The molecule has 1 aromatic carbocycles. The van der Waals surface area contributed by atoms with Crippen LogP contribution in [0.1, 0.15) is 26.3 Å². The maximum Gasteiger partial charge on any atom is 0.191 e. The predicted molar refractivity (Wildman–Crippen MR) is 92.9 cm³/mol. The molecule has 0 aliphatic rings. The Morgan fingerprint density at radius 3 is 2.68 bits per heavy atom. The van der Waals surface area contributed by atoms with E-state index in [0.29, 0.717) is 11.0 Å². The average molecular weight is 374 g/mol. The molecule has 0 radical (unpaired) electrons. The van der Waals surface area contributed by atoms with E-state index < -0.39 is 0 Å². The molecule has 0 unspecified atom stereocenters. The second kappa shape index (κ2) is 9.10. The second-order valence-electron chi connectivity index (χ2n) is 5.58. The summed E-state index contributed by atoms with van der Waals surface area (Å²) in [5.74, 6) is 0.516. The van der Waals surface area contributed by atoms with Crippen LogP contribution in [0.2, 0.25) is 0 Å². The first-order valence-electron chi connectivity index (χ1n) is 7.39. The fourth-order valence-electron chi connectivity index (χ4n) is 1.70. The van der Waals surface area contributed by atoms with Crippen molar-refractivity contribution in [1.82, 2.24) is 10.6 Å². The highest BCUT2D eigenvalue weighted by molar-refractivity contribution is 9.10. The predicted octanol–water partition coefficient (Wildman–Crippen LogP) is 3.11. The van der Waals surface area contributed by atoms with Crippen molar-refractivity contribution in [2.75, 3.05) is 26.7 Å². The van der Waals surface area contributed by atoms with Crippen LogP contribution in [-0.4, -0.2) is 38.3 Å². The Morgan fingerprint density at radius 1 is 1.36 bits per heavy atom. The molecule has 0 bridgehead atoms. The minimum absolute atomic E-state index is 0.242. The summed E-state index contributed by atoms with van der Waals surface area (Å²) in [7, 11) is 1.68. The number of methoxy groups -OCH3 is 1. The zero-order chi connectivity index (χ0) is 16.6. The molecule has 0 fully saturated rings. The van der Waals surface area contributed by atoms with Gasteiger partial charge in [-0.1, -0.05) is 6.07 Å². The number of hydrogen-bond acceptors (Lipinski definition) is 2. The van der Waals surface area contributed by atoms with Crippen LogP contribution in [-0.2, 0) is 11.2 Å². The Balaban J connectivity index is 2.53. The first-order valence-corrected chi connectivity index (χ1v) is 8.18. The van der Waals surface area contributed by atoms with Crippen LogP contribution in [0.3, 0.4) is 0 Å². The third kappa shape index (κ3) is 6.75. The van der Waals surface area contributed by atoms with E-state index in [4.69, 9.17) is 4.74 Å². The maximum atomic E-state index is 13.2. The Labute approximate surface area is 140 Å². The van der Waals surface area contributed by atoms with E-state index in [0.717, 1.165) is 31.0 Å². The van der Waals surface area contributed by atoms with Gasteiger partial charge < -0.3 is 15.4 Å². The van der Waals surface area contributed by atoms with Crippen molar-refractivity contribution in [3.63, 3.8) is 0 Å². The van der Waals surface area contributed by atoms with Crippen LogP contribution in [0.15, 0.2) is 27.7 Å². The first-order chi connectivity index (χ1) is 10.4. The summed E-state index contributed by atoms with van der Waals surface area (Å²) in [6.45, 7) is 8.10. The Kier molecular flexibility index (Phi) is 7.82. The molecule has 1 rings (SSSR count). The molecule has 4 nitrogen and oxygen atoms in total. The lowest BCUT2D eigenvalue weighted by molar-refractivity contribution is 0.0310. The van der Waals surface area contributed by atoms with E-state index in [1.165, 1.54) is 6.07 Å². The SMILES string of the molecule is CCNC(=NCC(C)(C)OC)NCCc1ccc(F)c(Br)c1. The monoisotopic (exact) mass is 373 g/mol. The van der Waals surface area contributed by atoms with Gasteiger partial charge in [0, 0.05) is 20.2 Å². The molecular formula is C16H25BrFN3O. The number of ether oxygens (including phenoxy) is 1. The van der Waals surface area contributed by atoms with Crippen molar-refractivity contribution < 1.29 is 9.13 Å². The number of halogens is 2. The summed E-state index contributed by atoms with van der Waals surface area (Å²) in [5.41, 5.74) is 0.776. The van der Waals surface area contributed by atoms with Crippen LogP contribution in [0.25, 0.3) is 0 Å². The second-order valence-corrected chi connectivity index (χ2v) is 6.44. The van der Waals surface area contributed by atoms with Crippen molar-refractivity contribution in [2.24, 2.45) is 4.99 Å². The van der Waals surface area contributed by atoms with E-state index in [1.807, 2.05) is 20.8 Å². The van der Waals surface area contributed by atoms with E-state index in [-0.39, 0.29) is 11.4 Å². The quantitative estimate of drug-likeness (QED) is 0.570. The third-order valence-corrected chi connectivity index (χ3v) is 3.81. The minimum atomic E-state index is -0.288. The summed E-state index contributed by atoms with van der Waals surface area (Å²) in [6.07, 6.45) is 0.789. The third-order valence-electron chi connectivity index (χ3n) is 3.20. The lowest BCUT2D eigenvalue weighted by Gasteiger charge is -2.21. The van der Waals surface area contributed by atoms with E-state index in [1.54, 1.807) is 19.2 Å². The highest BCUT2D eigenvalue weighted by Gasteiger charge is 2.15. The number of benzene rings is 1. The van der Waals surface area contributed by atoms with Gasteiger partial charge >= 0.3 is 0 Å². The van der Waals surface area contributed by atoms with Gasteiger partial charge in [0.1, 0.15) is 5.82 Å². The molecule has 1 aromatic rings. The molecule has 0 heterocycles. The minimum Gasteiger partial charge on any atom is -0.377 e. The number of nitrogens with zero attached hydrogens (tertiary/aromatic N) is 1. The van der Waals surface area contributed by atoms with Gasteiger partial charge in [0.25, 0.3) is 0 Å². The lowest BCUT2D eigenvalue weighted by Crippen LogP contribution is -2.40. The molecule has 0 amide bonds. The molecule has 0 aliphatic carbocycles. The van der Waals surface area contributed by atoms with Gasteiger partial charge in [0.2, 0.25) is 0 Å². The van der Waals surface area contributed by atoms with E-state index in [2.05, 4.69) is 31.6 Å². The number of nitrogens with one attached hydrogen (secondary N) is 2. The van der Waals surface area contributed by atoms with Crippen molar-refractivity contribution in [3.8, 4) is 0 Å². The zero-order valence-corrected chi connectivity index (χ0v) is 15.3. The van der Waals surface area contributed by atoms with Crippen molar-refractivity contribution >= 4 is 21.9 Å². The molecule has 22 heavy (non-hydrogen) atoms. The average Bonchev–Trinajstić information content (AvgIpc) is 2.48. The van der Waals surface area contributed by atoms with Crippen LogP contribution in [0, 0.1) is 5.82 Å². The summed E-state index contributed by atoms with van der Waals surface area (Å²) in [6, 6.07) is 5.06. The number of hydrogen-bond donors (Lipinski definition) is 2. The number of guanidine groups is 1. The van der Waals surface area contributed by atoms with Crippen LogP contribution < -0.4 is 10.6 Å². The zero-order valence-electron chi connectivity index (χ0n) is 13.7. The molecule has 2 N–H and O–H groups in total. The first kappa shape index (κ1) is 18.9. The Hall–Kier alpha value is -1.14. The summed E-state index contributed by atoms with van der Waals surface area (Å²) in [5, 5.41) is 6.47. The molecule has 0 atom stereocenters. The highest BCUT2D eigenvalue weighted by Crippen LogP contribution is 2.16.